The number of carbonyl (C=O) groups is 1. The van der Waals surface area contributed by atoms with Gasteiger partial charge in [-0.3, -0.25) is 0 Å². The van der Waals surface area contributed by atoms with Crippen LogP contribution in [0, 0.1) is 0 Å². The monoisotopic (exact) mass is 351 g/mol. The molecule has 0 bridgehead atoms. The summed E-state index contributed by atoms with van der Waals surface area (Å²) in [6, 6.07) is 22.9. The summed E-state index contributed by atoms with van der Waals surface area (Å²) in [7, 11) is 0. The average molecular weight is 352 g/mol. The molecule has 0 saturated carbocycles. The van der Waals surface area contributed by atoms with Crippen LogP contribution >= 0.6 is 11.6 Å². The molecule has 0 atom stereocenters. The fourth-order valence-electron chi connectivity index (χ4n) is 2.66. The first-order valence-corrected chi connectivity index (χ1v) is 8.42. The maximum absolute atomic E-state index is 11.5. The number of carboxylic acid groups (broad SMARTS) is 1. The summed E-state index contributed by atoms with van der Waals surface area (Å²) in [6.45, 7) is 0. The largest absolute Gasteiger partial charge is 0.478 e. The molecule has 126 valence electrons. The van der Waals surface area contributed by atoms with E-state index in [9.17, 15) is 9.90 Å². The van der Waals surface area contributed by atoms with Crippen molar-refractivity contribution in [1.82, 2.24) is 0 Å². The van der Waals surface area contributed by atoms with Crippen LogP contribution in [0.4, 0.5) is 11.4 Å². The Hall–Kier alpha value is -2.78. The number of benzene rings is 3. The lowest BCUT2D eigenvalue weighted by atomic mass is 10.0. The number of hydrogen-bond acceptors (Lipinski definition) is 2. The third-order valence-corrected chi connectivity index (χ3v) is 4.23. The molecule has 3 nitrogen and oxygen atoms in total. The molecule has 0 aromatic heterocycles. The molecule has 2 N–H and O–H groups in total. The molecule has 0 amide bonds. The third kappa shape index (κ3) is 4.61. The Morgan fingerprint density at radius 2 is 1.56 bits per heavy atom. The molecule has 0 heterocycles. The van der Waals surface area contributed by atoms with Crippen molar-refractivity contribution in [2.24, 2.45) is 0 Å². The number of halogens is 1. The highest BCUT2D eigenvalue weighted by Gasteiger charge is 2.11. The first kappa shape index (κ1) is 17.1. The molecule has 0 saturated heterocycles. The molecule has 3 rings (SSSR count). The summed E-state index contributed by atoms with van der Waals surface area (Å²) in [5.74, 6) is -0.953. The molecular weight excluding hydrogens is 334 g/mol. The van der Waals surface area contributed by atoms with Crippen molar-refractivity contribution < 1.29 is 9.90 Å². The van der Waals surface area contributed by atoms with Crippen LogP contribution in [0.15, 0.2) is 72.8 Å². The third-order valence-electron chi connectivity index (χ3n) is 3.98. The van der Waals surface area contributed by atoms with E-state index < -0.39 is 5.97 Å². The zero-order valence-corrected chi connectivity index (χ0v) is 14.3. The van der Waals surface area contributed by atoms with E-state index in [4.69, 9.17) is 11.6 Å². The maximum atomic E-state index is 11.5. The second kappa shape index (κ2) is 7.86. The molecule has 0 aliphatic carbocycles. The Balaban J connectivity index is 1.81. The number of nitrogens with one attached hydrogen (secondary N) is 1. The van der Waals surface area contributed by atoms with Crippen molar-refractivity contribution in [3.63, 3.8) is 0 Å². The van der Waals surface area contributed by atoms with Crippen molar-refractivity contribution in [1.29, 1.82) is 0 Å². The number of rotatable bonds is 6. The van der Waals surface area contributed by atoms with Gasteiger partial charge in [-0.2, -0.15) is 0 Å². The molecule has 0 aliphatic heterocycles. The SMILES string of the molecule is O=C(O)c1ccc(CCc2ccccc2)cc1Nc1ccc(Cl)cc1. The topological polar surface area (TPSA) is 49.3 Å². The van der Waals surface area contributed by atoms with Crippen molar-refractivity contribution >= 4 is 28.9 Å². The first-order chi connectivity index (χ1) is 12.1. The Morgan fingerprint density at radius 1 is 0.880 bits per heavy atom. The van der Waals surface area contributed by atoms with Crippen LogP contribution in [0.3, 0.4) is 0 Å². The molecule has 0 radical (unpaired) electrons. The highest BCUT2D eigenvalue weighted by molar-refractivity contribution is 6.30. The highest BCUT2D eigenvalue weighted by atomic mass is 35.5. The van der Waals surface area contributed by atoms with E-state index in [0.717, 1.165) is 24.1 Å². The van der Waals surface area contributed by atoms with E-state index in [1.54, 1.807) is 18.2 Å². The van der Waals surface area contributed by atoms with E-state index in [1.165, 1.54) is 5.56 Å². The van der Waals surface area contributed by atoms with Crippen LogP contribution in [-0.4, -0.2) is 11.1 Å². The predicted molar refractivity (Wildman–Crippen MR) is 102 cm³/mol. The van der Waals surface area contributed by atoms with Crippen molar-refractivity contribution in [3.8, 4) is 0 Å². The van der Waals surface area contributed by atoms with Crippen LogP contribution < -0.4 is 5.32 Å². The van der Waals surface area contributed by atoms with Gasteiger partial charge in [-0.15, -0.1) is 0 Å². The van der Waals surface area contributed by atoms with E-state index in [-0.39, 0.29) is 5.56 Å². The fourth-order valence-corrected chi connectivity index (χ4v) is 2.78. The van der Waals surface area contributed by atoms with Gasteiger partial charge in [0.15, 0.2) is 0 Å². The summed E-state index contributed by atoms with van der Waals surface area (Å²) in [4.78, 5) is 11.5. The molecule has 25 heavy (non-hydrogen) atoms. The lowest BCUT2D eigenvalue weighted by Gasteiger charge is -2.12. The lowest BCUT2D eigenvalue weighted by molar-refractivity contribution is 0.0698. The summed E-state index contributed by atoms with van der Waals surface area (Å²) < 4.78 is 0. The van der Waals surface area contributed by atoms with Gasteiger partial charge in [-0.25, -0.2) is 4.79 Å². The van der Waals surface area contributed by atoms with Gasteiger partial charge in [-0.1, -0.05) is 48.0 Å². The van der Waals surface area contributed by atoms with Gasteiger partial charge in [0.05, 0.1) is 11.3 Å². The van der Waals surface area contributed by atoms with Crippen LogP contribution in [0.1, 0.15) is 21.5 Å². The standard InChI is InChI=1S/C21H18ClNO2/c22-17-9-11-18(12-10-17)23-20-14-16(8-13-19(20)21(24)25)7-6-15-4-2-1-3-5-15/h1-5,8-14,23H,6-7H2,(H,24,25). The molecule has 4 heteroatoms. The van der Waals surface area contributed by atoms with Gasteiger partial charge < -0.3 is 10.4 Å². The van der Waals surface area contributed by atoms with E-state index in [0.29, 0.717) is 10.7 Å². The van der Waals surface area contributed by atoms with Crippen molar-refractivity contribution in [2.45, 2.75) is 12.8 Å². The predicted octanol–water partition coefficient (Wildman–Crippen LogP) is 5.57. The van der Waals surface area contributed by atoms with Crippen molar-refractivity contribution in [2.75, 3.05) is 5.32 Å². The molecule has 3 aromatic rings. The van der Waals surface area contributed by atoms with Gasteiger partial charge in [0, 0.05) is 10.7 Å². The van der Waals surface area contributed by atoms with Crippen LogP contribution in [-0.2, 0) is 12.8 Å². The summed E-state index contributed by atoms with van der Waals surface area (Å²) in [5.41, 5.74) is 3.98. The molecule has 0 aliphatic rings. The van der Waals surface area contributed by atoms with E-state index in [1.807, 2.05) is 42.5 Å². The van der Waals surface area contributed by atoms with Crippen LogP contribution in [0.25, 0.3) is 0 Å². The van der Waals surface area contributed by atoms with Gasteiger partial charge in [0.25, 0.3) is 0 Å². The summed E-state index contributed by atoms with van der Waals surface area (Å²) >= 11 is 5.90. The second-order valence-corrected chi connectivity index (χ2v) is 6.24. The van der Waals surface area contributed by atoms with Crippen molar-refractivity contribution in [3.05, 3.63) is 94.5 Å². The molecule has 3 aromatic carbocycles. The summed E-state index contributed by atoms with van der Waals surface area (Å²) in [6.07, 6.45) is 1.76. The summed E-state index contributed by atoms with van der Waals surface area (Å²) in [5, 5.41) is 13.2. The minimum atomic E-state index is -0.953. The van der Waals surface area contributed by atoms with Gasteiger partial charge in [0.1, 0.15) is 0 Å². The van der Waals surface area contributed by atoms with E-state index in [2.05, 4.69) is 17.4 Å². The Bertz CT molecular complexity index is 861. The number of hydrogen-bond donors (Lipinski definition) is 2. The average Bonchev–Trinajstić information content (AvgIpc) is 2.63. The molecule has 0 spiro atoms. The Morgan fingerprint density at radius 3 is 2.24 bits per heavy atom. The Kier molecular flexibility index (Phi) is 5.36. The maximum Gasteiger partial charge on any atom is 0.337 e. The van der Waals surface area contributed by atoms with Gasteiger partial charge >= 0.3 is 5.97 Å². The van der Waals surface area contributed by atoms with E-state index >= 15 is 0 Å². The molecular formula is C21H18ClNO2. The second-order valence-electron chi connectivity index (χ2n) is 5.80. The quantitative estimate of drug-likeness (QED) is 0.610. The number of aromatic carboxylic acids is 1. The zero-order valence-electron chi connectivity index (χ0n) is 13.6. The number of carboxylic acids is 1. The fraction of sp³-hybridized carbons (Fsp3) is 0.0952. The normalized spacial score (nSPS) is 10.4. The molecule has 0 unspecified atom stereocenters. The lowest BCUT2D eigenvalue weighted by Crippen LogP contribution is -2.04. The minimum absolute atomic E-state index is 0.249. The zero-order chi connectivity index (χ0) is 17.6. The minimum Gasteiger partial charge on any atom is -0.478 e. The Labute approximate surface area is 151 Å². The highest BCUT2D eigenvalue weighted by Crippen LogP contribution is 2.24. The number of anilines is 2. The first-order valence-electron chi connectivity index (χ1n) is 8.04. The molecule has 0 fully saturated rings. The number of aryl methyl sites for hydroxylation is 2. The van der Waals surface area contributed by atoms with Gasteiger partial charge in [0.2, 0.25) is 0 Å². The smallest absolute Gasteiger partial charge is 0.337 e. The van der Waals surface area contributed by atoms with Crippen LogP contribution in [0.5, 0.6) is 0 Å². The van der Waals surface area contributed by atoms with Gasteiger partial charge in [-0.05, 0) is 60.4 Å². The van der Waals surface area contributed by atoms with Crippen LogP contribution in [0.2, 0.25) is 5.02 Å².